The first-order valence-electron chi connectivity index (χ1n) is 4.94. The van der Waals surface area contributed by atoms with Crippen LogP contribution in [-0.2, 0) is 0 Å². The zero-order valence-electron chi connectivity index (χ0n) is 9.03. The summed E-state index contributed by atoms with van der Waals surface area (Å²) in [4.78, 5) is 24.1. The van der Waals surface area contributed by atoms with Crippen LogP contribution in [0.25, 0.3) is 0 Å². The first kappa shape index (κ1) is 12.1. The molecule has 17 heavy (non-hydrogen) atoms. The highest BCUT2D eigenvalue weighted by atomic mass is 35.5. The second-order valence-corrected chi connectivity index (χ2v) is 5.23. The van der Waals surface area contributed by atoms with E-state index in [2.05, 4.69) is 0 Å². The SMILES string of the molecule is Cc1occc1C(=O)CC(=O)c1ccc(Cl)s1. The summed E-state index contributed by atoms with van der Waals surface area (Å²) in [6.07, 6.45) is 1.28. The molecule has 0 aliphatic carbocycles. The van der Waals surface area contributed by atoms with Crippen molar-refractivity contribution in [3.8, 4) is 0 Å². The van der Waals surface area contributed by atoms with E-state index < -0.39 is 0 Å². The van der Waals surface area contributed by atoms with Crippen LogP contribution in [0.5, 0.6) is 0 Å². The van der Waals surface area contributed by atoms with Crippen molar-refractivity contribution in [2.45, 2.75) is 13.3 Å². The summed E-state index contributed by atoms with van der Waals surface area (Å²) in [5.41, 5.74) is 0.459. The van der Waals surface area contributed by atoms with Gasteiger partial charge < -0.3 is 4.42 Å². The molecule has 0 spiro atoms. The maximum Gasteiger partial charge on any atom is 0.180 e. The molecule has 2 aromatic heterocycles. The first-order chi connectivity index (χ1) is 8.08. The Morgan fingerprint density at radius 2 is 2.06 bits per heavy atom. The van der Waals surface area contributed by atoms with Crippen molar-refractivity contribution in [1.82, 2.24) is 0 Å². The number of carbonyl (C=O) groups is 2. The summed E-state index contributed by atoms with van der Waals surface area (Å²) < 4.78 is 5.57. The van der Waals surface area contributed by atoms with Crippen molar-refractivity contribution in [2.75, 3.05) is 0 Å². The van der Waals surface area contributed by atoms with Crippen LogP contribution in [0.4, 0.5) is 0 Å². The number of hydrogen-bond acceptors (Lipinski definition) is 4. The average Bonchev–Trinajstić information content (AvgIpc) is 2.86. The van der Waals surface area contributed by atoms with Crippen molar-refractivity contribution in [3.05, 3.63) is 45.0 Å². The van der Waals surface area contributed by atoms with Gasteiger partial charge in [0.2, 0.25) is 0 Å². The normalized spacial score (nSPS) is 10.5. The number of ketones is 2. The van der Waals surface area contributed by atoms with Crippen LogP contribution in [0.3, 0.4) is 0 Å². The van der Waals surface area contributed by atoms with E-state index in [1.165, 1.54) is 17.6 Å². The van der Waals surface area contributed by atoms with Gasteiger partial charge >= 0.3 is 0 Å². The second-order valence-electron chi connectivity index (χ2n) is 3.52. The molecule has 0 radical (unpaired) electrons. The van der Waals surface area contributed by atoms with E-state index in [9.17, 15) is 9.59 Å². The molecule has 2 aromatic rings. The van der Waals surface area contributed by atoms with Gasteiger partial charge in [-0.2, -0.15) is 0 Å². The molecule has 0 fully saturated rings. The highest BCUT2D eigenvalue weighted by Gasteiger charge is 2.17. The maximum atomic E-state index is 11.8. The fraction of sp³-hybridized carbons (Fsp3) is 0.167. The molecule has 88 valence electrons. The van der Waals surface area contributed by atoms with Gasteiger partial charge in [-0.1, -0.05) is 11.6 Å². The fourth-order valence-electron chi connectivity index (χ4n) is 1.47. The molecule has 0 saturated carbocycles. The van der Waals surface area contributed by atoms with E-state index >= 15 is 0 Å². The van der Waals surface area contributed by atoms with Gasteiger partial charge in [-0.15, -0.1) is 11.3 Å². The lowest BCUT2D eigenvalue weighted by Crippen LogP contribution is -2.07. The van der Waals surface area contributed by atoms with E-state index in [1.807, 2.05) is 0 Å². The number of furan rings is 1. The summed E-state index contributed by atoms with van der Waals surface area (Å²) in [7, 11) is 0. The molecular formula is C12H9ClO3S. The van der Waals surface area contributed by atoms with E-state index in [0.717, 1.165) is 0 Å². The van der Waals surface area contributed by atoms with Crippen molar-refractivity contribution in [3.63, 3.8) is 0 Å². The van der Waals surface area contributed by atoms with Gasteiger partial charge in [-0.3, -0.25) is 9.59 Å². The van der Waals surface area contributed by atoms with Crippen LogP contribution in [0, 0.1) is 6.92 Å². The summed E-state index contributed by atoms with van der Waals surface area (Å²) in [6.45, 7) is 1.69. The van der Waals surface area contributed by atoms with Crippen LogP contribution in [0.2, 0.25) is 4.34 Å². The summed E-state index contributed by atoms with van der Waals surface area (Å²) in [5.74, 6) is 0.0882. The van der Waals surface area contributed by atoms with Gasteiger partial charge in [0.05, 0.1) is 27.5 Å². The van der Waals surface area contributed by atoms with Gasteiger partial charge in [0.25, 0.3) is 0 Å². The summed E-state index contributed by atoms with van der Waals surface area (Å²) in [6, 6.07) is 4.85. The number of Topliss-reactive ketones (excluding diaryl/α,β-unsaturated/α-hetero) is 2. The number of thiophene rings is 1. The first-order valence-corrected chi connectivity index (χ1v) is 6.13. The number of halogens is 1. The molecule has 2 heterocycles. The third-order valence-corrected chi connectivity index (χ3v) is 3.60. The minimum atomic E-state index is -0.231. The standard InChI is InChI=1S/C12H9ClO3S/c1-7-8(4-5-16-7)9(14)6-10(15)11-2-3-12(13)17-11/h2-5H,6H2,1H3. The van der Waals surface area contributed by atoms with E-state index in [4.69, 9.17) is 16.0 Å². The van der Waals surface area contributed by atoms with E-state index in [1.54, 1.807) is 25.1 Å². The Labute approximate surface area is 107 Å². The molecule has 0 amide bonds. The largest absolute Gasteiger partial charge is 0.469 e. The van der Waals surface area contributed by atoms with Crippen LogP contribution in [0.15, 0.2) is 28.9 Å². The average molecular weight is 269 g/mol. The van der Waals surface area contributed by atoms with Gasteiger partial charge in [0.15, 0.2) is 11.6 Å². The molecule has 0 atom stereocenters. The van der Waals surface area contributed by atoms with Crippen LogP contribution in [0.1, 0.15) is 32.2 Å². The number of rotatable bonds is 4. The third-order valence-electron chi connectivity index (χ3n) is 2.33. The van der Waals surface area contributed by atoms with Crippen LogP contribution >= 0.6 is 22.9 Å². The molecule has 0 aliphatic heterocycles. The van der Waals surface area contributed by atoms with E-state index in [0.29, 0.717) is 20.5 Å². The monoisotopic (exact) mass is 268 g/mol. The molecule has 0 unspecified atom stereocenters. The smallest absolute Gasteiger partial charge is 0.180 e. The Hall–Kier alpha value is -1.39. The Morgan fingerprint density at radius 3 is 2.59 bits per heavy atom. The van der Waals surface area contributed by atoms with Crippen molar-refractivity contribution in [2.24, 2.45) is 0 Å². The molecule has 3 nitrogen and oxygen atoms in total. The molecular weight excluding hydrogens is 260 g/mol. The van der Waals surface area contributed by atoms with Crippen molar-refractivity contribution >= 4 is 34.5 Å². The van der Waals surface area contributed by atoms with Gasteiger partial charge in [0, 0.05) is 0 Å². The van der Waals surface area contributed by atoms with Crippen molar-refractivity contribution < 1.29 is 14.0 Å². The fourth-order valence-corrected chi connectivity index (χ4v) is 2.45. The van der Waals surface area contributed by atoms with Crippen LogP contribution < -0.4 is 0 Å². The minimum Gasteiger partial charge on any atom is -0.469 e. The van der Waals surface area contributed by atoms with Crippen LogP contribution in [-0.4, -0.2) is 11.6 Å². The van der Waals surface area contributed by atoms with Gasteiger partial charge in [0.1, 0.15) is 5.76 Å². The highest BCUT2D eigenvalue weighted by Crippen LogP contribution is 2.23. The predicted molar refractivity (Wildman–Crippen MR) is 66.1 cm³/mol. The molecule has 0 bridgehead atoms. The molecule has 5 heteroatoms. The van der Waals surface area contributed by atoms with Crippen molar-refractivity contribution in [1.29, 1.82) is 0 Å². The predicted octanol–water partition coefficient (Wildman–Crippen LogP) is 3.76. The molecule has 0 N–H and O–H groups in total. The zero-order valence-corrected chi connectivity index (χ0v) is 10.6. The number of hydrogen-bond donors (Lipinski definition) is 0. The summed E-state index contributed by atoms with van der Waals surface area (Å²) in [5, 5.41) is 0. The molecule has 0 saturated heterocycles. The number of carbonyl (C=O) groups excluding carboxylic acids is 2. The quantitative estimate of drug-likeness (QED) is 0.627. The topological polar surface area (TPSA) is 47.3 Å². The lowest BCUT2D eigenvalue weighted by Gasteiger charge is -1.97. The minimum absolute atomic E-state index is 0.156. The second kappa shape index (κ2) is 4.85. The Kier molecular flexibility index (Phi) is 3.45. The molecule has 0 aliphatic rings. The number of aryl methyl sites for hydroxylation is 1. The van der Waals surface area contributed by atoms with E-state index in [-0.39, 0.29) is 18.0 Å². The molecule has 2 rings (SSSR count). The zero-order chi connectivity index (χ0) is 12.4. The molecule has 0 aromatic carbocycles. The highest BCUT2D eigenvalue weighted by molar-refractivity contribution is 7.18. The Bertz CT molecular complexity index is 568. The Balaban J connectivity index is 2.10. The van der Waals surface area contributed by atoms with Gasteiger partial charge in [-0.25, -0.2) is 0 Å². The summed E-state index contributed by atoms with van der Waals surface area (Å²) >= 11 is 6.91. The third kappa shape index (κ3) is 2.65. The Morgan fingerprint density at radius 1 is 1.29 bits per heavy atom. The maximum absolute atomic E-state index is 11.8. The van der Waals surface area contributed by atoms with Gasteiger partial charge in [-0.05, 0) is 25.1 Å². The lowest BCUT2D eigenvalue weighted by molar-refractivity contribution is 0.0896. The lowest BCUT2D eigenvalue weighted by atomic mass is 10.1.